The third kappa shape index (κ3) is 3.82. The third-order valence-electron chi connectivity index (χ3n) is 3.71. The number of carbonyl (C=O) groups excluding carboxylic acids is 2. The Morgan fingerprint density at radius 1 is 1.41 bits per heavy atom. The average molecular weight is 326 g/mol. The maximum atomic E-state index is 12.1. The van der Waals surface area contributed by atoms with Crippen molar-refractivity contribution >= 4 is 21.7 Å². The lowest BCUT2D eigenvalue weighted by atomic mass is 10.0. The molecule has 8 nitrogen and oxygen atoms in total. The van der Waals surface area contributed by atoms with E-state index in [2.05, 4.69) is 21.5 Å². The van der Waals surface area contributed by atoms with Crippen LogP contribution in [0.4, 0.5) is 0 Å². The minimum atomic E-state index is -3.40. The molecule has 2 aliphatic rings. The van der Waals surface area contributed by atoms with Gasteiger partial charge < -0.3 is 10.2 Å². The Bertz CT molecular complexity index is 643. The summed E-state index contributed by atoms with van der Waals surface area (Å²) in [4.78, 5) is 24.6. The number of nitrogens with one attached hydrogen (secondary N) is 1. The second kappa shape index (κ2) is 6.04. The van der Waals surface area contributed by atoms with E-state index in [4.69, 9.17) is 6.42 Å². The first-order chi connectivity index (χ1) is 10.3. The van der Waals surface area contributed by atoms with Crippen LogP contribution in [0.15, 0.2) is 10.2 Å². The molecular formula is C13H18N4O4S. The summed E-state index contributed by atoms with van der Waals surface area (Å²) in [6.45, 7) is 1.55. The molecule has 1 N–H and O–H groups in total. The predicted octanol–water partition coefficient (Wildman–Crippen LogP) is -0.329. The summed E-state index contributed by atoms with van der Waals surface area (Å²) < 4.78 is 23.2. The highest BCUT2D eigenvalue weighted by Crippen LogP contribution is 2.36. The molecule has 1 atom stereocenters. The Kier molecular flexibility index (Phi) is 4.51. The summed E-state index contributed by atoms with van der Waals surface area (Å²) in [6, 6.07) is -0.961. The second-order valence-electron chi connectivity index (χ2n) is 5.47. The molecule has 0 aromatic heterocycles. The van der Waals surface area contributed by atoms with Gasteiger partial charge in [-0.15, -0.1) is 12.3 Å². The largest absolute Gasteiger partial charge is 0.354 e. The van der Waals surface area contributed by atoms with Crippen molar-refractivity contribution in [2.45, 2.75) is 37.9 Å². The molecule has 1 unspecified atom stereocenters. The van der Waals surface area contributed by atoms with Gasteiger partial charge in [-0.2, -0.15) is 10.2 Å². The van der Waals surface area contributed by atoms with Gasteiger partial charge in [0.2, 0.25) is 11.8 Å². The van der Waals surface area contributed by atoms with Gasteiger partial charge in [0.25, 0.3) is 0 Å². The fourth-order valence-corrected chi connectivity index (χ4v) is 4.09. The zero-order valence-corrected chi connectivity index (χ0v) is 13.1. The smallest absolute Gasteiger partial charge is 0.243 e. The minimum Gasteiger partial charge on any atom is -0.354 e. The summed E-state index contributed by atoms with van der Waals surface area (Å²) in [7, 11) is -3.40. The van der Waals surface area contributed by atoms with Crippen LogP contribution in [0, 0.1) is 12.3 Å². The van der Waals surface area contributed by atoms with Crippen molar-refractivity contribution in [3.05, 3.63) is 0 Å². The van der Waals surface area contributed by atoms with E-state index in [0.29, 0.717) is 25.8 Å². The van der Waals surface area contributed by atoms with Crippen molar-refractivity contribution in [3.8, 4) is 12.3 Å². The van der Waals surface area contributed by atoms with Crippen LogP contribution >= 0.6 is 0 Å². The monoisotopic (exact) mass is 326 g/mol. The molecule has 2 rings (SSSR count). The highest BCUT2D eigenvalue weighted by atomic mass is 32.2. The minimum absolute atomic E-state index is 0.304. The van der Waals surface area contributed by atoms with E-state index in [1.165, 1.54) is 6.92 Å². The molecule has 120 valence electrons. The highest BCUT2D eigenvalue weighted by molar-refractivity contribution is 7.91. The lowest BCUT2D eigenvalue weighted by Gasteiger charge is -2.20. The lowest BCUT2D eigenvalue weighted by molar-refractivity contribution is -0.136. The average Bonchev–Trinajstić information content (AvgIpc) is 3.12. The maximum absolute atomic E-state index is 12.1. The predicted molar refractivity (Wildman–Crippen MR) is 78.2 cm³/mol. The van der Waals surface area contributed by atoms with Gasteiger partial charge in [-0.25, -0.2) is 8.42 Å². The number of terminal acetylenes is 1. The van der Waals surface area contributed by atoms with Gasteiger partial charge in [0.1, 0.15) is 11.9 Å². The Balaban J connectivity index is 1.85. The molecule has 0 saturated carbocycles. The summed E-state index contributed by atoms with van der Waals surface area (Å²) >= 11 is 0. The van der Waals surface area contributed by atoms with E-state index in [0.717, 1.165) is 4.90 Å². The second-order valence-corrected chi connectivity index (χ2v) is 7.55. The molecule has 2 aliphatic heterocycles. The normalized spacial score (nSPS) is 23.8. The molecule has 0 aromatic rings. The van der Waals surface area contributed by atoms with Gasteiger partial charge in [0.15, 0.2) is 15.5 Å². The Labute approximate surface area is 129 Å². The van der Waals surface area contributed by atoms with Crippen LogP contribution in [0.1, 0.15) is 26.2 Å². The first kappa shape index (κ1) is 16.4. The van der Waals surface area contributed by atoms with E-state index < -0.39 is 39.2 Å². The standard InChI is InChI=1S/C13H18N4O4S/c1-3-4-5-13(15-16-13)6-7-14-12(19)11-8-22(20,21)9-17(11)10(2)18/h1,11H,4-9H2,2H3,(H,14,19). The number of rotatable bonds is 6. The quantitative estimate of drug-likeness (QED) is 0.674. The fourth-order valence-electron chi connectivity index (χ4n) is 2.38. The van der Waals surface area contributed by atoms with Crippen LogP contribution in [0.3, 0.4) is 0 Å². The molecule has 0 bridgehead atoms. The molecule has 2 amide bonds. The maximum Gasteiger partial charge on any atom is 0.243 e. The number of hydrogen-bond acceptors (Lipinski definition) is 6. The van der Waals surface area contributed by atoms with Crippen molar-refractivity contribution in [2.75, 3.05) is 18.2 Å². The van der Waals surface area contributed by atoms with Gasteiger partial charge in [0, 0.05) is 32.7 Å². The summed E-state index contributed by atoms with van der Waals surface area (Å²) in [6.07, 6.45) is 6.90. The van der Waals surface area contributed by atoms with Crippen LogP contribution in [-0.4, -0.2) is 55.0 Å². The lowest BCUT2D eigenvalue weighted by Crippen LogP contribution is -2.47. The van der Waals surface area contributed by atoms with E-state index >= 15 is 0 Å². The van der Waals surface area contributed by atoms with Gasteiger partial charge in [-0.05, 0) is 0 Å². The van der Waals surface area contributed by atoms with E-state index in [9.17, 15) is 18.0 Å². The zero-order chi connectivity index (χ0) is 16.4. The van der Waals surface area contributed by atoms with Crippen LogP contribution in [0.2, 0.25) is 0 Å². The first-order valence-electron chi connectivity index (χ1n) is 6.91. The van der Waals surface area contributed by atoms with E-state index in [1.54, 1.807) is 0 Å². The van der Waals surface area contributed by atoms with Crippen molar-refractivity contribution in [2.24, 2.45) is 10.2 Å². The zero-order valence-electron chi connectivity index (χ0n) is 12.3. The summed E-state index contributed by atoms with van der Waals surface area (Å²) in [5.74, 6) is 0.873. The topological polar surface area (TPSA) is 108 Å². The Morgan fingerprint density at radius 3 is 2.64 bits per heavy atom. The molecule has 22 heavy (non-hydrogen) atoms. The molecule has 2 heterocycles. The number of carbonyl (C=O) groups is 2. The number of hydrogen-bond donors (Lipinski definition) is 1. The Hall–Kier alpha value is -1.95. The molecular weight excluding hydrogens is 308 g/mol. The van der Waals surface area contributed by atoms with Crippen molar-refractivity contribution < 1.29 is 18.0 Å². The Morgan fingerprint density at radius 2 is 2.09 bits per heavy atom. The van der Waals surface area contributed by atoms with Crippen molar-refractivity contribution in [3.63, 3.8) is 0 Å². The van der Waals surface area contributed by atoms with Crippen LogP contribution in [0.25, 0.3) is 0 Å². The molecule has 0 aliphatic carbocycles. The highest BCUT2D eigenvalue weighted by Gasteiger charge is 2.42. The van der Waals surface area contributed by atoms with Crippen molar-refractivity contribution in [1.29, 1.82) is 0 Å². The number of sulfone groups is 1. The van der Waals surface area contributed by atoms with E-state index in [1.807, 2.05) is 0 Å². The van der Waals surface area contributed by atoms with Crippen LogP contribution < -0.4 is 5.32 Å². The van der Waals surface area contributed by atoms with E-state index in [-0.39, 0.29) is 5.75 Å². The molecule has 1 fully saturated rings. The molecule has 0 spiro atoms. The van der Waals surface area contributed by atoms with Crippen molar-refractivity contribution in [1.82, 2.24) is 10.2 Å². The summed E-state index contributed by atoms with van der Waals surface area (Å²) in [5, 5.41) is 10.6. The number of nitrogens with zero attached hydrogens (tertiary/aromatic N) is 3. The third-order valence-corrected chi connectivity index (χ3v) is 5.20. The first-order valence-corrected chi connectivity index (χ1v) is 8.74. The van der Waals surface area contributed by atoms with Gasteiger partial charge >= 0.3 is 0 Å². The SMILES string of the molecule is C#CCCC1(CCNC(=O)C2CS(=O)(=O)CN2C(C)=O)N=N1. The van der Waals surface area contributed by atoms with Crippen LogP contribution in [-0.2, 0) is 19.4 Å². The van der Waals surface area contributed by atoms with Gasteiger partial charge in [-0.1, -0.05) is 0 Å². The molecule has 0 radical (unpaired) electrons. The molecule has 0 aromatic carbocycles. The molecule has 9 heteroatoms. The van der Waals surface area contributed by atoms with Crippen LogP contribution in [0.5, 0.6) is 0 Å². The van der Waals surface area contributed by atoms with Gasteiger partial charge in [-0.3, -0.25) is 9.59 Å². The summed E-state index contributed by atoms with van der Waals surface area (Å²) in [5.41, 5.74) is -0.498. The van der Waals surface area contributed by atoms with Gasteiger partial charge in [0.05, 0.1) is 5.75 Å². The molecule has 1 saturated heterocycles. The number of amides is 2. The fraction of sp³-hybridized carbons (Fsp3) is 0.692.